The van der Waals surface area contributed by atoms with Crippen LogP contribution >= 0.6 is 0 Å². The van der Waals surface area contributed by atoms with E-state index < -0.39 is 11.9 Å². The molecular weight excluding hydrogens is 283 g/mol. The third kappa shape index (κ3) is 3.83. The highest BCUT2D eigenvalue weighted by Crippen LogP contribution is 2.18. The fourth-order valence-corrected chi connectivity index (χ4v) is 1.83. The van der Waals surface area contributed by atoms with Crippen molar-refractivity contribution in [3.8, 4) is 11.8 Å². The topological polar surface area (TPSA) is 62.1 Å². The van der Waals surface area contributed by atoms with E-state index in [-0.39, 0.29) is 5.91 Å². The summed E-state index contributed by atoms with van der Waals surface area (Å²) < 4.78 is 18.7. The molecule has 0 aromatic heterocycles. The molecule has 2 aromatic rings. The van der Waals surface area contributed by atoms with E-state index in [0.29, 0.717) is 17.0 Å². The monoisotopic (exact) mass is 298 g/mol. The molecule has 1 amide bonds. The van der Waals surface area contributed by atoms with Crippen molar-refractivity contribution in [3.05, 3.63) is 59.4 Å². The number of anilines is 1. The maximum atomic E-state index is 13.2. The molecule has 0 bridgehead atoms. The summed E-state index contributed by atoms with van der Waals surface area (Å²) in [7, 11) is 0. The number of halogens is 1. The first-order valence-corrected chi connectivity index (χ1v) is 6.73. The number of hydrogen-bond donors (Lipinski definition) is 1. The first-order chi connectivity index (χ1) is 10.5. The first kappa shape index (κ1) is 15.5. The normalized spacial score (nSPS) is 11.4. The number of carbonyl (C=O) groups is 1. The molecule has 5 heteroatoms. The minimum atomic E-state index is -0.754. The second kappa shape index (κ2) is 6.72. The van der Waals surface area contributed by atoms with Crippen LogP contribution in [0.15, 0.2) is 42.5 Å². The molecule has 4 nitrogen and oxygen atoms in total. The van der Waals surface area contributed by atoms with E-state index in [1.165, 1.54) is 12.1 Å². The zero-order valence-electron chi connectivity index (χ0n) is 12.3. The van der Waals surface area contributed by atoms with Gasteiger partial charge in [0.25, 0.3) is 5.91 Å². The molecule has 2 rings (SSSR count). The third-order valence-corrected chi connectivity index (χ3v) is 3.12. The SMILES string of the molecule is Cc1ccc(F)cc1NC(=O)C(C)Oc1ccc(C#N)cc1. The molecule has 0 aliphatic carbocycles. The minimum absolute atomic E-state index is 0.377. The zero-order chi connectivity index (χ0) is 16.1. The van der Waals surface area contributed by atoms with Gasteiger partial charge in [-0.1, -0.05) is 6.07 Å². The van der Waals surface area contributed by atoms with Gasteiger partial charge in [0.05, 0.1) is 11.6 Å². The molecule has 0 radical (unpaired) electrons. The zero-order valence-corrected chi connectivity index (χ0v) is 12.3. The number of benzene rings is 2. The van der Waals surface area contributed by atoms with Gasteiger partial charge in [0.15, 0.2) is 6.10 Å². The van der Waals surface area contributed by atoms with Crippen LogP contribution in [-0.4, -0.2) is 12.0 Å². The van der Waals surface area contributed by atoms with E-state index in [9.17, 15) is 9.18 Å². The van der Waals surface area contributed by atoms with Crippen LogP contribution in [-0.2, 0) is 4.79 Å². The second-order valence-corrected chi connectivity index (χ2v) is 4.84. The van der Waals surface area contributed by atoms with Gasteiger partial charge in [-0.3, -0.25) is 4.79 Å². The van der Waals surface area contributed by atoms with Crippen molar-refractivity contribution in [2.75, 3.05) is 5.32 Å². The van der Waals surface area contributed by atoms with Crippen LogP contribution in [0.2, 0.25) is 0 Å². The lowest BCUT2D eigenvalue weighted by molar-refractivity contribution is -0.122. The van der Waals surface area contributed by atoms with E-state index >= 15 is 0 Å². The Hall–Kier alpha value is -2.87. The highest BCUT2D eigenvalue weighted by Gasteiger charge is 2.16. The molecule has 0 aliphatic rings. The average Bonchev–Trinajstić information content (AvgIpc) is 2.51. The third-order valence-electron chi connectivity index (χ3n) is 3.12. The maximum Gasteiger partial charge on any atom is 0.265 e. The molecule has 2 aromatic carbocycles. The van der Waals surface area contributed by atoms with Crippen LogP contribution in [0.5, 0.6) is 5.75 Å². The lowest BCUT2D eigenvalue weighted by Crippen LogP contribution is -2.30. The van der Waals surface area contributed by atoms with Crippen LogP contribution in [0.3, 0.4) is 0 Å². The number of rotatable bonds is 4. The maximum absolute atomic E-state index is 13.2. The predicted molar refractivity (Wildman–Crippen MR) is 81.0 cm³/mol. The molecule has 22 heavy (non-hydrogen) atoms. The number of carbonyl (C=O) groups excluding carboxylic acids is 1. The predicted octanol–water partition coefficient (Wildman–Crippen LogP) is 3.41. The smallest absolute Gasteiger partial charge is 0.265 e. The van der Waals surface area contributed by atoms with E-state index in [0.717, 1.165) is 5.56 Å². The average molecular weight is 298 g/mol. The van der Waals surface area contributed by atoms with Gasteiger partial charge < -0.3 is 10.1 Å². The van der Waals surface area contributed by atoms with Gasteiger partial charge in [-0.15, -0.1) is 0 Å². The summed E-state index contributed by atoms with van der Waals surface area (Å²) in [6.45, 7) is 3.38. The number of hydrogen-bond acceptors (Lipinski definition) is 3. The lowest BCUT2D eigenvalue weighted by Gasteiger charge is -2.15. The van der Waals surface area contributed by atoms with Crippen molar-refractivity contribution in [2.45, 2.75) is 20.0 Å². The summed E-state index contributed by atoms with van der Waals surface area (Å²) in [5.41, 5.74) is 1.69. The summed E-state index contributed by atoms with van der Waals surface area (Å²) in [4.78, 5) is 12.1. The van der Waals surface area contributed by atoms with Crippen molar-refractivity contribution >= 4 is 11.6 Å². The van der Waals surface area contributed by atoms with Gasteiger partial charge in [0, 0.05) is 5.69 Å². The minimum Gasteiger partial charge on any atom is -0.481 e. The number of ether oxygens (including phenoxy) is 1. The Kier molecular flexibility index (Phi) is 4.74. The van der Waals surface area contributed by atoms with Crippen molar-refractivity contribution in [1.29, 1.82) is 5.26 Å². The lowest BCUT2D eigenvalue weighted by atomic mass is 10.2. The van der Waals surface area contributed by atoms with E-state index in [2.05, 4.69) is 5.32 Å². The van der Waals surface area contributed by atoms with Gasteiger partial charge in [-0.2, -0.15) is 5.26 Å². The quantitative estimate of drug-likeness (QED) is 0.940. The number of nitrogens with one attached hydrogen (secondary N) is 1. The summed E-state index contributed by atoms with van der Waals surface area (Å²) in [6.07, 6.45) is -0.754. The summed E-state index contributed by atoms with van der Waals surface area (Å²) in [5.74, 6) is -0.308. The summed E-state index contributed by atoms with van der Waals surface area (Å²) in [5, 5.41) is 11.4. The van der Waals surface area contributed by atoms with Gasteiger partial charge in [-0.05, 0) is 55.8 Å². The van der Waals surface area contributed by atoms with Crippen molar-refractivity contribution in [2.24, 2.45) is 0 Å². The molecular formula is C17H15FN2O2. The van der Waals surface area contributed by atoms with Crippen molar-refractivity contribution in [3.63, 3.8) is 0 Å². The molecule has 0 aliphatic heterocycles. The molecule has 0 fully saturated rings. The largest absolute Gasteiger partial charge is 0.481 e. The van der Waals surface area contributed by atoms with E-state index in [1.807, 2.05) is 6.07 Å². The molecule has 112 valence electrons. The molecule has 0 heterocycles. The van der Waals surface area contributed by atoms with E-state index in [4.69, 9.17) is 10.00 Å². The fourth-order valence-electron chi connectivity index (χ4n) is 1.83. The van der Waals surface area contributed by atoms with Crippen molar-refractivity contribution in [1.82, 2.24) is 0 Å². The number of amides is 1. The van der Waals surface area contributed by atoms with E-state index in [1.54, 1.807) is 44.2 Å². The van der Waals surface area contributed by atoms with Gasteiger partial charge in [0.1, 0.15) is 11.6 Å². The Balaban J connectivity index is 2.02. The van der Waals surface area contributed by atoms with Crippen LogP contribution in [0.25, 0.3) is 0 Å². The fraction of sp³-hybridized carbons (Fsp3) is 0.176. The Morgan fingerprint density at radius 1 is 1.27 bits per heavy atom. The second-order valence-electron chi connectivity index (χ2n) is 4.84. The van der Waals surface area contributed by atoms with Crippen molar-refractivity contribution < 1.29 is 13.9 Å². The standard InChI is InChI=1S/C17H15FN2O2/c1-11-3-6-14(18)9-16(11)20-17(21)12(2)22-15-7-4-13(10-19)5-8-15/h3-9,12H,1-2H3,(H,20,21). The summed E-state index contributed by atoms with van der Waals surface area (Å²) in [6, 6.07) is 12.7. The van der Waals surface area contributed by atoms with Gasteiger partial charge >= 0.3 is 0 Å². The molecule has 0 saturated heterocycles. The Morgan fingerprint density at radius 3 is 2.59 bits per heavy atom. The number of nitriles is 1. The van der Waals surface area contributed by atoms with Crippen LogP contribution in [0, 0.1) is 24.1 Å². The highest BCUT2D eigenvalue weighted by molar-refractivity contribution is 5.94. The van der Waals surface area contributed by atoms with Gasteiger partial charge in [-0.25, -0.2) is 4.39 Å². The van der Waals surface area contributed by atoms with Crippen LogP contribution < -0.4 is 10.1 Å². The molecule has 0 saturated carbocycles. The van der Waals surface area contributed by atoms with Gasteiger partial charge in [0.2, 0.25) is 0 Å². The molecule has 1 atom stereocenters. The number of nitrogens with zero attached hydrogens (tertiary/aromatic N) is 1. The summed E-state index contributed by atoms with van der Waals surface area (Å²) >= 11 is 0. The Labute approximate surface area is 128 Å². The molecule has 0 spiro atoms. The van der Waals surface area contributed by atoms with Crippen LogP contribution in [0.4, 0.5) is 10.1 Å². The van der Waals surface area contributed by atoms with Crippen LogP contribution in [0.1, 0.15) is 18.1 Å². The first-order valence-electron chi connectivity index (χ1n) is 6.73. The Bertz CT molecular complexity index is 720. The highest BCUT2D eigenvalue weighted by atomic mass is 19.1. The Morgan fingerprint density at radius 2 is 1.95 bits per heavy atom. The molecule has 1 unspecified atom stereocenters. The molecule has 1 N–H and O–H groups in total. The number of aryl methyl sites for hydroxylation is 1.